The Kier molecular flexibility index (Phi) is 7.65. The van der Waals surface area contributed by atoms with E-state index in [2.05, 4.69) is 0 Å². The molecule has 0 bridgehead atoms. The van der Waals surface area contributed by atoms with Gasteiger partial charge in [0.2, 0.25) is 5.91 Å². The average molecular weight is 541 g/mol. The first-order chi connectivity index (χ1) is 18.8. The molecule has 0 spiro atoms. The molecule has 0 N–H and O–H groups in total. The maximum absolute atomic E-state index is 13.6. The second kappa shape index (κ2) is 11.3. The van der Waals surface area contributed by atoms with Crippen molar-refractivity contribution in [2.24, 2.45) is 0 Å². The number of nitrogens with zero attached hydrogens (tertiary/aromatic N) is 4. The number of hydrogen-bond acceptors (Lipinski definition) is 5. The van der Waals surface area contributed by atoms with Gasteiger partial charge in [0.25, 0.3) is 0 Å². The van der Waals surface area contributed by atoms with E-state index in [9.17, 15) is 13.2 Å². The Labute approximate surface area is 229 Å². The quantitative estimate of drug-likeness (QED) is 0.299. The Morgan fingerprint density at radius 1 is 0.974 bits per heavy atom. The monoisotopic (exact) mass is 540 g/mol. The van der Waals surface area contributed by atoms with Gasteiger partial charge in [-0.2, -0.15) is 5.10 Å². The summed E-state index contributed by atoms with van der Waals surface area (Å²) in [4.78, 5) is 17.3. The van der Waals surface area contributed by atoms with Crippen molar-refractivity contribution in [2.45, 2.75) is 19.0 Å². The lowest BCUT2D eigenvalue weighted by Gasteiger charge is -2.27. The van der Waals surface area contributed by atoms with Gasteiger partial charge in [-0.05, 0) is 42.3 Å². The van der Waals surface area contributed by atoms with Crippen LogP contribution in [-0.2, 0) is 21.2 Å². The van der Waals surface area contributed by atoms with E-state index in [-0.39, 0.29) is 23.5 Å². The molecule has 1 amide bonds. The standard InChI is InChI=1S/C31H32N4O3S/c1-33(2)27-16-13-24(14-17-27)21-34(29-19-20-39(37,38)23-29)30(36)18-15-26-22-35(28-11-7-4-8-12-28)32-31(26)25-9-5-3-6-10-25/h3-18,22,29H,19-21,23H2,1-2H3/b18-15+. The van der Waals surface area contributed by atoms with Gasteiger partial charge in [-0.3, -0.25) is 4.79 Å². The maximum Gasteiger partial charge on any atom is 0.247 e. The summed E-state index contributed by atoms with van der Waals surface area (Å²) in [7, 11) is 0.790. The van der Waals surface area contributed by atoms with Crippen molar-refractivity contribution in [3.63, 3.8) is 0 Å². The minimum Gasteiger partial charge on any atom is -0.378 e. The zero-order chi connectivity index (χ0) is 27.4. The number of aromatic nitrogens is 2. The van der Waals surface area contributed by atoms with Crippen LogP contribution in [0.4, 0.5) is 5.69 Å². The van der Waals surface area contributed by atoms with Crippen LogP contribution in [0.1, 0.15) is 17.5 Å². The van der Waals surface area contributed by atoms with Crippen molar-refractivity contribution < 1.29 is 13.2 Å². The van der Waals surface area contributed by atoms with Crippen LogP contribution in [0.15, 0.2) is 97.2 Å². The van der Waals surface area contributed by atoms with Crippen molar-refractivity contribution in [2.75, 3.05) is 30.5 Å². The lowest BCUT2D eigenvalue weighted by molar-refractivity contribution is -0.128. The molecule has 0 radical (unpaired) electrons. The Morgan fingerprint density at radius 3 is 2.26 bits per heavy atom. The summed E-state index contributed by atoms with van der Waals surface area (Å²) in [5.74, 6) is -0.128. The van der Waals surface area contributed by atoms with E-state index in [0.717, 1.165) is 33.8 Å². The van der Waals surface area contributed by atoms with E-state index >= 15 is 0 Å². The number of sulfone groups is 1. The summed E-state index contributed by atoms with van der Waals surface area (Å²) in [6.07, 6.45) is 5.67. The molecule has 0 aliphatic carbocycles. The van der Waals surface area contributed by atoms with Gasteiger partial charge >= 0.3 is 0 Å². The number of hydrogen-bond donors (Lipinski definition) is 0. The number of anilines is 1. The van der Waals surface area contributed by atoms with Crippen LogP contribution in [-0.4, -0.2) is 60.6 Å². The third-order valence-corrected chi connectivity index (χ3v) is 8.70. The van der Waals surface area contributed by atoms with Crippen LogP contribution in [0.25, 0.3) is 23.0 Å². The fourth-order valence-corrected chi connectivity index (χ4v) is 6.53. The van der Waals surface area contributed by atoms with Crippen molar-refractivity contribution in [1.29, 1.82) is 0 Å². The highest BCUT2D eigenvalue weighted by molar-refractivity contribution is 7.91. The van der Waals surface area contributed by atoms with Crippen molar-refractivity contribution in [1.82, 2.24) is 14.7 Å². The second-order valence-electron chi connectivity index (χ2n) is 10.00. The minimum atomic E-state index is -3.16. The molecule has 8 heteroatoms. The average Bonchev–Trinajstić information content (AvgIpc) is 3.54. The molecular formula is C31H32N4O3S. The van der Waals surface area contributed by atoms with Gasteiger partial charge < -0.3 is 9.80 Å². The normalized spacial score (nSPS) is 16.4. The predicted molar refractivity (Wildman–Crippen MR) is 156 cm³/mol. The molecule has 0 saturated carbocycles. The molecule has 1 unspecified atom stereocenters. The highest BCUT2D eigenvalue weighted by atomic mass is 32.2. The smallest absolute Gasteiger partial charge is 0.247 e. The van der Waals surface area contributed by atoms with Gasteiger partial charge in [0.15, 0.2) is 9.84 Å². The van der Waals surface area contributed by atoms with Crippen LogP contribution >= 0.6 is 0 Å². The molecule has 39 heavy (non-hydrogen) atoms. The van der Waals surface area contributed by atoms with Crippen LogP contribution in [0.5, 0.6) is 0 Å². The van der Waals surface area contributed by atoms with Crippen LogP contribution in [0.2, 0.25) is 0 Å². The fourth-order valence-electron chi connectivity index (χ4n) is 4.80. The highest BCUT2D eigenvalue weighted by Gasteiger charge is 2.34. The second-order valence-corrected chi connectivity index (χ2v) is 12.2. The molecular weight excluding hydrogens is 508 g/mol. The van der Waals surface area contributed by atoms with Gasteiger partial charge in [0.05, 0.1) is 22.9 Å². The third kappa shape index (κ3) is 6.29. The molecule has 1 fully saturated rings. The van der Waals surface area contributed by atoms with E-state index in [1.165, 1.54) is 6.08 Å². The zero-order valence-corrected chi connectivity index (χ0v) is 23.0. The molecule has 1 saturated heterocycles. The molecule has 4 aromatic rings. The van der Waals surface area contributed by atoms with E-state index in [1.54, 1.807) is 15.7 Å². The first-order valence-corrected chi connectivity index (χ1v) is 14.8. The summed E-state index contributed by atoms with van der Waals surface area (Å²) in [5, 5.41) is 4.82. The van der Waals surface area contributed by atoms with Crippen molar-refractivity contribution in [3.8, 4) is 16.9 Å². The Bertz CT molecular complexity index is 1560. The highest BCUT2D eigenvalue weighted by Crippen LogP contribution is 2.26. The van der Waals surface area contributed by atoms with Gasteiger partial charge in [-0.1, -0.05) is 60.7 Å². The molecule has 1 aliphatic rings. The SMILES string of the molecule is CN(C)c1ccc(CN(C(=O)/C=C/c2cn(-c3ccccc3)nc2-c2ccccc2)C2CCS(=O)(=O)C2)cc1. The van der Waals surface area contributed by atoms with E-state index in [4.69, 9.17) is 5.10 Å². The molecule has 7 nitrogen and oxygen atoms in total. The van der Waals surface area contributed by atoms with E-state index < -0.39 is 9.84 Å². The molecule has 3 aromatic carbocycles. The first kappa shape index (κ1) is 26.4. The molecule has 200 valence electrons. The lowest BCUT2D eigenvalue weighted by Crippen LogP contribution is -2.39. The van der Waals surface area contributed by atoms with Gasteiger partial charge in [0, 0.05) is 55.8 Å². The number of para-hydroxylation sites is 1. The topological polar surface area (TPSA) is 75.5 Å². The van der Waals surface area contributed by atoms with Crippen molar-refractivity contribution in [3.05, 3.63) is 108 Å². The first-order valence-electron chi connectivity index (χ1n) is 12.9. The molecule has 2 heterocycles. The maximum atomic E-state index is 13.6. The summed E-state index contributed by atoms with van der Waals surface area (Å²) in [5.41, 5.74) is 5.43. The largest absolute Gasteiger partial charge is 0.378 e. The molecule has 1 aromatic heterocycles. The summed E-state index contributed by atoms with van der Waals surface area (Å²) < 4.78 is 26.4. The number of rotatable bonds is 8. The molecule has 5 rings (SSSR count). The predicted octanol–water partition coefficient (Wildman–Crippen LogP) is 4.83. The van der Waals surface area contributed by atoms with Gasteiger partial charge in [-0.25, -0.2) is 13.1 Å². The number of amides is 1. The number of carbonyl (C=O) groups is 1. The summed E-state index contributed by atoms with van der Waals surface area (Å²) in [6.45, 7) is 0.339. The van der Waals surface area contributed by atoms with E-state index in [0.29, 0.717) is 13.0 Å². The minimum absolute atomic E-state index is 0.0104. The Balaban J connectivity index is 1.46. The van der Waals surface area contributed by atoms with Gasteiger partial charge in [-0.15, -0.1) is 0 Å². The zero-order valence-electron chi connectivity index (χ0n) is 22.1. The summed E-state index contributed by atoms with van der Waals surface area (Å²) in [6, 6.07) is 27.3. The Morgan fingerprint density at radius 2 is 1.64 bits per heavy atom. The van der Waals surface area contributed by atoms with Crippen LogP contribution in [0, 0.1) is 0 Å². The van der Waals surface area contributed by atoms with E-state index in [1.807, 2.05) is 110 Å². The number of carbonyl (C=O) groups excluding carboxylic acids is 1. The lowest BCUT2D eigenvalue weighted by atomic mass is 10.1. The number of benzene rings is 3. The van der Waals surface area contributed by atoms with Crippen molar-refractivity contribution >= 4 is 27.5 Å². The molecule has 1 atom stereocenters. The van der Waals surface area contributed by atoms with Crippen LogP contribution < -0.4 is 4.90 Å². The molecule has 1 aliphatic heterocycles. The fraction of sp³-hybridized carbons (Fsp3) is 0.226. The third-order valence-electron chi connectivity index (χ3n) is 6.95. The summed E-state index contributed by atoms with van der Waals surface area (Å²) >= 11 is 0. The van der Waals surface area contributed by atoms with Crippen LogP contribution in [0.3, 0.4) is 0 Å². The van der Waals surface area contributed by atoms with Gasteiger partial charge in [0.1, 0.15) is 0 Å². The Hall–Kier alpha value is -4.17.